The van der Waals surface area contributed by atoms with Crippen LogP contribution in [0.3, 0.4) is 0 Å². The number of piperazine rings is 1. The number of nitrogens with zero attached hydrogens (tertiary/aromatic N) is 3. The molecule has 0 aliphatic carbocycles. The van der Waals surface area contributed by atoms with E-state index in [-0.39, 0.29) is 0 Å². The summed E-state index contributed by atoms with van der Waals surface area (Å²) in [6, 6.07) is 16.0. The molecule has 1 unspecified atom stereocenters. The average Bonchev–Trinajstić information content (AvgIpc) is 3.03. The molecular formula is C24H24Cl3N3O2S. The fraction of sp³-hybridized carbons (Fsp3) is 0.333. The molecule has 5 nitrogen and oxygen atoms in total. The topological polar surface area (TPSA) is 43.9 Å². The Morgan fingerprint density at radius 1 is 0.879 bits per heavy atom. The smallest absolute Gasteiger partial charge is 0.295 e. The second-order valence-corrected chi connectivity index (χ2v) is 11.6. The zero-order chi connectivity index (χ0) is 23.8. The molecule has 174 valence electrons. The predicted octanol–water partition coefficient (Wildman–Crippen LogP) is 5.86. The van der Waals surface area contributed by atoms with Crippen LogP contribution in [0.1, 0.15) is 16.7 Å². The highest BCUT2D eigenvalue weighted by Gasteiger charge is 2.51. The molecule has 0 saturated carbocycles. The van der Waals surface area contributed by atoms with Crippen molar-refractivity contribution in [2.45, 2.75) is 23.8 Å². The molecule has 0 aromatic heterocycles. The third-order valence-corrected chi connectivity index (χ3v) is 7.26. The molecule has 2 aromatic rings. The molecule has 33 heavy (non-hydrogen) atoms. The van der Waals surface area contributed by atoms with Crippen molar-refractivity contribution in [2.75, 3.05) is 31.1 Å². The van der Waals surface area contributed by atoms with Crippen LogP contribution in [0.2, 0.25) is 0 Å². The Morgan fingerprint density at radius 3 is 1.97 bits per heavy atom. The van der Waals surface area contributed by atoms with E-state index in [1.807, 2.05) is 36.1 Å². The van der Waals surface area contributed by atoms with Gasteiger partial charge in [0.15, 0.2) is 0 Å². The van der Waals surface area contributed by atoms with Crippen LogP contribution >= 0.6 is 46.6 Å². The quantitative estimate of drug-likeness (QED) is 0.370. The largest absolute Gasteiger partial charge is 0.369 e. The first-order valence-electron chi connectivity index (χ1n) is 10.6. The summed E-state index contributed by atoms with van der Waals surface area (Å²) in [6.07, 6.45) is 0.717. The van der Waals surface area contributed by atoms with Crippen molar-refractivity contribution in [3.8, 4) is 0 Å². The number of aryl methyl sites for hydroxylation is 2. The summed E-state index contributed by atoms with van der Waals surface area (Å²) in [6.45, 7) is 6.51. The van der Waals surface area contributed by atoms with Gasteiger partial charge in [0.2, 0.25) is 3.79 Å². The van der Waals surface area contributed by atoms with Gasteiger partial charge in [0, 0.05) is 31.9 Å². The highest BCUT2D eigenvalue weighted by Crippen LogP contribution is 2.42. The molecular weight excluding hydrogens is 501 g/mol. The molecule has 2 aliphatic heterocycles. The van der Waals surface area contributed by atoms with Gasteiger partial charge >= 0.3 is 0 Å². The van der Waals surface area contributed by atoms with Gasteiger partial charge in [-0.1, -0.05) is 82.3 Å². The Labute approximate surface area is 213 Å². The fourth-order valence-electron chi connectivity index (χ4n) is 4.00. The number of carbonyl (C=O) groups excluding carboxylic acids is 2. The van der Waals surface area contributed by atoms with E-state index >= 15 is 0 Å². The summed E-state index contributed by atoms with van der Waals surface area (Å²) in [5.41, 5.74) is 4.27. The number of imide groups is 1. The Bertz CT molecular complexity index is 1060. The van der Waals surface area contributed by atoms with E-state index in [1.165, 1.54) is 5.56 Å². The molecule has 0 radical (unpaired) electrons. The van der Waals surface area contributed by atoms with Gasteiger partial charge < -0.3 is 4.90 Å². The van der Waals surface area contributed by atoms with E-state index in [4.69, 9.17) is 34.8 Å². The van der Waals surface area contributed by atoms with Gasteiger partial charge in [0.1, 0.15) is 6.17 Å². The number of carbonyl (C=O) groups is 2. The Balaban J connectivity index is 1.53. The third kappa shape index (κ3) is 5.52. The third-order valence-electron chi connectivity index (χ3n) is 5.80. The summed E-state index contributed by atoms with van der Waals surface area (Å²) in [7, 11) is 0. The van der Waals surface area contributed by atoms with Crippen molar-refractivity contribution in [3.05, 3.63) is 70.1 Å². The average molecular weight is 525 g/mol. The first-order chi connectivity index (χ1) is 15.6. The van der Waals surface area contributed by atoms with Crippen molar-refractivity contribution in [1.29, 1.82) is 0 Å². The van der Waals surface area contributed by atoms with Crippen molar-refractivity contribution in [3.63, 3.8) is 0 Å². The number of amides is 2. The highest BCUT2D eigenvalue weighted by molar-refractivity contribution is 8.18. The summed E-state index contributed by atoms with van der Waals surface area (Å²) in [5.74, 6) is -0.442. The maximum Gasteiger partial charge on any atom is 0.295 e. The Kier molecular flexibility index (Phi) is 7.32. The molecule has 9 heteroatoms. The summed E-state index contributed by atoms with van der Waals surface area (Å²) >= 11 is 19.9. The van der Waals surface area contributed by atoms with Crippen LogP contribution < -0.4 is 4.90 Å². The van der Waals surface area contributed by atoms with Gasteiger partial charge in [-0.05, 0) is 49.4 Å². The normalized spacial score (nSPS) is 20.1. The number of halogens is 3. The lowest BCUT2D eigenvalue weighted by Gasteiger charge is -2.44. The first kappa shape index (κ1) is 24.4. The summed E-state index contributed by atoms with van der Waals surface area (Å²) in [5, 5.41) is -0.435. The minimum absolute atomic E-state index is 0.321. The van der Waals surface area contributed by atoms with Crippen LogP contribution in [0.15, 0.2) is 53.4 Å². The van der Waals surface area contributed by atoms with Gasteiger partial charge in [-0.15, -0.1) is 0 Å². The van der Waals surface area contributed by atoms with Gasteiger partial charge in [0.05, 0.1) is 4.91 Å². The van der Waals surface area contributed by atoms with E-state index in [0.717, 1.165) is 33.5 Å². The molecule has 2 fully saturated rings. The lowest BCUT2D eigenvalue weighted by Crippen LogP contribution is -2.61. The van der Waals surface area contributed by atoms with Crippen LogP contribution in [-0.2, 0) is 4.79 Å². The maximum atomic E-state index is 13.2. The van der Waals surface area contributed by atoms with Crippen LogP contribution in [0.25, 0.3) is 6.08 Å². The highest BCUT2D eigenvalue weighted by atomic mass is 35.6. The standard InChI is InChI=1S/C24H24Cl3N3O2S/c1-16-3-7-18(8-4-16)15-20-21(31)30(23(32)33-20)22(24(25,26)27)29-13-11-28(12-14-29)19-9-5-17(2)6-10-19/h3-10,15,22H,11-14H2,1-2H3/b20-15+. The first-order valence-corrected chi connectivity index (χ1v) is 12.5. The molecule has 1 atom stereocenters. The number of anilines is 1. The number of alkyl halides is 3. The van der Waals surface area contributed by atoms with Gasteiger partial charge in [-0.25, -0.2) is 4.90 Å². The molecule has 0 bridgehead atoms. The maximum absolute atomic E-state index is 13.2. The second-order valence-electron chi connectivity index (χ2n) is 8.24. The molecule has 0 N–H and O–H groups in total. The van der Waals surface area contributed by atoms with Crippen molar-refractivity contribution in [1.82, 2.24) is 9.80 Å². The minimum Gasteiger partial charge on any atom is -0.369 e. The number of hydrogen-bond donors (Lipinski definition) is 0. The Hall–Kier alpha value is -1.70. The summed E-state index contributed by atoms with van der Waals surface area (Å²) in [4.78, 5) is 31.7. The number of rotatable bonds is 4. The molecule has 4 rings (SSSR count). The SMILES string of the molecule is Cc1ccc(/C=C2/SC(=O)N(C(N3CCN(c4ccc(C)cc4)CC3)C(Cl)(Cl)Cl)C2=O)cc1. The van der Waals surface area contributed by atoms with Crippen LogP contribution in [0.5, 0.6) is 0 Å². The van der Waals surface area contributed by atoms with Crippen LogP contribution in [-0.4, -0.2) is 57.1 Å². The lowest BCUT2D eigenvalue weighted by atomic mass is 10.1. The van der Waals surface area contributed by atoms with E-state index in [0.29, 0.717) is 31.1 Å². The molecule has 2 aliphatic rings. The Morgan fingerprint density at radius 2 is 1.42 bits per heavy atom. The fourth-order valence-corrected chi connectivity index (χ4v) is 5.56. The van der Waals surface area contributed by atoms with Gasteiger partial charge in [0.25, 0.3) is 11.1 Å². The summed E-state index contributed by atoms with van der Waals surface area (Å²) < 4.78 is -1.85. The van der Waals surface area contributed by atoms with Crippen molar-refractivity contribution in [2.24, 2.45) is 0 Å². The minimum atomic E-state index is -1.85. The van der Waals surface area contributed by atoms with E-state index < -0.39 is 21.1 Å². The predicted molar refractivity (Wildman–Crippen MR) is 138 cm³/mol. The molecule has 2 heterocycles. The van der Waals surface area contributed by atoms with Crippen molar-refractivity contribution >= 4 is 69.5 Å². The van der Waals surface area contributed by atoms with E-state index in [1.54, 1.807) is 6.08 Å². The molecule has 0 spiro atoms. The van der Waals surface area contributed by atoms with Gasteiger partial charge in [-0.2, -0.15) is 0 Å². The zero-order valence-corrected chi connectivity index (χ0v) is 21.4. The monoisotopic (exact) mass is 523 g/mol. The van der Waals surface area contributed by atoms with Crippen LogP contribution in [0, 0.1) is 13.8 Å². The zero-order valence-electron chi connectivity index (χ0n) is 18.3. The number of thioether (sulfide) groups is 1. The molecule has 2 amide bonds. The van der Waals surface area contributed by atoms with Crippen LogP contribution in [0.4, 0.5) is 10.5 Å². The van der Waals surface area contributed by atoms with Crippen molar-refractivity contribution < 1.29 is 9.59 Å². The van der Waals surface area contributed by atoms with Gasteiger partial charge in [-0.3, -0.25) is 14.5 Å². The molecule has 2 saturated heterocycles. The molecule has 2 aromatic carbocycles. The van der Waals surface area contributed by atoms with E-state index in [2.05, 4.69) is 36.1 Å². The van der Waals surface area contributed by atoms with E-state index in [9.17, 15) is 9.59 Å². The second kappa shape index (κ2) is 9.88. The number of hydrogen-bond acceptors (Lipinski definition) is 5. The lowest BCUT2D eigenvalue weighted by molar-refractivity contribution is -0.127. The number of benzene rings is 2.